The van der Waals surface area contributed by atoms with Gasteiger partial charge < -0.3 is 0 Å². The van der Waals surface area contributed by atoms with E-state index < -0.39 is 0 Å². The first-order valence-electron chi connectivity index (χ1n) is 8.15. The highest BCUT2D eigenvalue weighted by atomic mass is 32.1. The monoisotopic (exact) mass is 333 g/mol. The van der Waals surface area contributed by atoms with Crippen LogP contribution in [0.15, 0.2) is 23.0 Å². The highest BCUT2D eigenvalue weighted by molar-refractivity contribution is 7.11. The van der Waals surface area contributed by atoms with Gasteiger partial charge in [-0.15, -0.1) is 22.7 Å². The van der Waals surface area contributed by atoms with Gasteiger partial charge in [0, 0.05) is 53.9 Å². The maximum atomic E-state index is 4.47. The lowest BCUT2D eigenvalue weighted by atomic mass is 9.95. The van der Waals surface area contributed by atoms with Gasteiger partial charge in [-0.05, 0) is 37.8 Å². The Morgan fingerprint density at radius 3 is 2.91 bits per heavy atom. The van der Waals surface area contributed by atoms with Crippen molar-refractivity contribution in [1.29, 1.82) is 0 Å². The molecule has 5 heterocycles. The number of thiazole rings is 1. The van der Waals surface area contributed by atoms with Crippen LogP contribution in [-0.4, -0.2) is 40.5 Å². The van der Waals surface area contributed by atoms with Gasteiger partial charge in [0.2, 0.25) is 0 Å². The van der Waals surface area contributed by atoms with Crippen molar-refractivity contribution in [2.75, 3.05) is 19.6 Å². The van der Waals surface area contributed by atoms with Crippen LogP contribution in [0.2, 0.25) is 0 Å². The number of aryl methyl sites for hydroxylation is 1. The zero-order valence-electron chi connectivity index (χ0n) is 13.1. The number of fused-ring (bicyclic) bond motifs is 4. The van der Waals surface area contributed by atoms with Gasteiger partial charge in [0.05, 0.1) is 11.2 Å². The molecular formula is C17H23N3S2. The second kappa shape index (κ2) is 6.40. The van der Waals surface area contributed by atoms with Crippen LogP contribution in [0.5, 0.6) is 0 Å². The van der Waals surface area contributed by atoms with Crippen LogP contribution < -0.4 is 0 Å². The summed E-state index contributed by atoms with van der Waals surface area (Å²) in [5.41, 5.74) is 3.19. The van der Waals surface area contributed by atoms with E-state index in [0.29, 0.717) is 0 Å². The molecule has 22 heavy (non-hydrogen) atoms. The van der Waals surface area contributed by atoms with Crippen LogP contribution in [0.1, 0.15) is 28.3 Å². The molecule has 0 amide bonds. The third-order valence-corrected chi connectivity index (χ3v) is 6.55. The van der Waals surface area contributed by atoms with Gasteiger partial charge in [-0.2, -0.15) is 0 Å². The highest BCUT2D eigenvalue weighted by Gasteiger charge is 2.34. The quantitative estimate of drug-likeness (QED) is 0.852. The molecule has 3 nitrogen and oxygen atoms in total. The van der Waals surface area contributed by atoms with Crippen molar-refractivity contribution in [2.24, 2.45) is 5.92 Å². The summed E-state index contributed by atoms with van der Waals surface area (Å²) in [6.07, 6.45) is 2.76. The molecule has 0 aromatic carbocycles. The van der Waals surface area contributed by atoms with Crippen LogP contribution in [0, 0.1) is 12.8 Å². The largest absolute Gasteiger partial charge is 0.296 e. The van der Waals surface area contributed by atoms with Crippen molar-refractivity contribution >= 4 is 22.7 Å². The van der Waals surface area contributed by atoms with Gasteiger partial charge in [-0.25, -0.2) is 4.98 Å². The van der Waals surface area contributed by atoms with E-state index in [1.807, 2.05) is 16.8 Å². The average Bonchev–Trinajstić information content (AvgIpc) is 3.05. The molecule has 0 N–H and O–H groups in total. The molecule has 0 saturated carbocycles. The summed E-state index contributed by atoms with van der Waals surface area (Å²) in [4.78, 5) is 12.8. The average molecular weight is 334 g/mol. The summed E-state index contributed by atoms with van der Waals surface area (Å²) in [6.45, 7) is 8.10. The van der Waals surface area contributed by atoms with Gasteiger partial charge in [-0.3, -0.25) is 9.80 Å². The molecule has 5 rings (SSSR count). The zero-order chi connectivity index (χ0) is 14.9. The number of piperidine rings is 1. The molecular weight excluding hydrogens is 310 g/mol. The molecule has 118 valence electrons. The summed E-state index contributed by atoms with van der Waals surface area (Å²) in [5.74, 6) is 0.832. The van der Waals surface area contributed by atoms with Crippen molar-refractivity contribution in [3.05, 3.63) is 38.5 Å². The zero-order valence-corrected chi connectivity index (χ0v) is 14.7. The van der Waals surface area contributed by atoms with Crippen LogP contribution >= 0.6 is 22.7 Å². The fourth-order valence-corrected chi connectivity index (χ4v) is 5.38. The van der Waals surface area contributed by atoms with E-state index in [1.54, 1.807) is 11.3 Å². The van der Waals surface area contributed by atoms with Crippen molar-refractivity contribution in [3.63, 3.8) is 0 Å². The maximum Gasteiger partial charge on any atom is 0.0795 e. The summed E-state index contributed by atoms with van der Waals surface area (Å²) < 4.78 is 0. The van der Waals surface area contributed by atoms with Crippen molar-refractivity contribution in [1.82, 2.24) is 14.8 Å². The number of hydrogen-bond donors (Lipinski definition) is 0. The van der Waals surface area contributed by atoms with E-state index in [0.717, 1.165) is 25.0 Å². The van der Waals surface area contributed by atoms with Crippen molar-refractivity contribution in [3.8, 4) is 0 Å². The summed E-state index contributed by atoms with van der Waals surface area (Å²) in [6, 6.07) is 5.29. The molecule has 2 bridgehead atoms. The number of nitrogens with zero attached hydrogens (tertiary/aromatic N) is 3. The molecule has 3 saturated heterocycles. The Balaban J connectivity index is 1.44. The smallest absolute Gasteiger partial charge is 0.0795 e. The van der Waals surface area contributed by atoms with E-state index in [1.165, 1.54) is 47.9 Å². The van der Waals surface area contributed by atoms with Gasteiger partial charge in [-0.1, -0.05) is 0 Å². The molecule has 0 unspecified atom stereocenters. The highest BCUT2D eigenvalue weighted by Crippen LogP contribution is 2.31. The normalized spacial score (nSPS) is 26.4. The summed E-state index contributed by atoms with van der Waals surface area (Å²) in [7, 11) is 0. The molecule has 0 aliphatic carbocycles. The summed E-state index contributed by atoms with van der Waals surface area (Å²) >= 11 is 3.66. The first-order valence-corrected chi connectivity index (χ1v) is 9.91. The fraction of sp³-hybridized carbons (Fsp3) is 0.588. The fourth-order valence-electron chi connectivity index (χ4n) is 3.91. The lowest BCUT2D eigenvalue weighted by Crippen LogP contribution is -2.43. The minimum Gasteiger partial charge on any atom is -0.296 e. The second-order valence-electron chi connectivity index (χ2n) is 6.71. The number of hydrogen-bond acceptors (Lipinski definition) is 5. The number of rotatable bonds is 4. The lowest BCUT2D eigenvalue weighted by Gasteiger charge is -2.35. The van der Waals surface area contributed by atoms with E-state index in [9.17, 15) is 0 Å². The van der Waals surface area contributed by atoms with Crippen LogP contribution in [-0.2, 0) is 13.1 Å². The lowest BCUT2D eigenvalue weighted by molar-refractivity contribution is 0.124. The molecule has 0 radical (unpaired) electrons. The molecule has 3 aliphatic rings. The first-order chi connectivity index (χ1) is 10.8. The van der Waals surface area contributed by atoms with Crippen molar-refractivity contribution < 1.29 is 0 Å². The Kier molecular flexibility index (Phi) is 4.31. The Hall–Kier alpha value is -0.750. The van der Waals surface area contributed by atoms with Crippen LogP contribution in [0.3, 0.4) is 0 Å². The summed E-state index contributed by atoms with van der Waals surface area (Å²) in [5, 5.41) is 2.19. The van der Waals surface area contributed by atoms with Crippen LogP contribution in [0.4, 0.5) is 0 Å². The second-order valence-corrected chi connectivity index (χ2v) is 8.80. The molecule has 3 fully saturated rings. The van der Waals surface area contributed by atoms with Gasteiger partial charge >= 0.3 is 0 Å². The number of aromatic nitrogens is 1. The minimum atomic E-state index is 0.722. The third kappa shape index (κ3) is 3.27. The molecule has 3 aliphatic heterocycles. The Bertz CT molecular complexity index is 607. The van der Waals surface area contributed by atoms with Gasteiger partial charge in [0.15, 0.2) is 0 Å². The SMILES string of the molecule is Cc1ccc(CN2C[C@H]3CC[C@@H]2CN(Cc2cscn2)C3)s1. The molecule has 2 atom stereocenters. The Morgan fingerprint density at radius 1 is 1.18 bits per heavy atom. The van der Waals surface area contributed by atoms with E-state index in [-0.39, 0.29) is 0 Å². The molecule has 2 aromatic rings. The topological polar surface area (TPSA) is 19.4 Å². The first kappa shape index (κ1) is 14.8. The number of thiophene rings is 1. The predicted molar refractivity (Wildman–Crippen MR) is 93.4 cm³/mol. The molecule has 5 heteroatoms. The van der Waals surface area contributed by atoms with Crippen molar-refractivity contribution in [2.45, 2.75) is 38.9 Å². The Labute approximate surface area is 140 Å². The van der Waals surface area contributed by atoms with E-state index in [4.69, 9.17) is 0 Å². The van der Waals surface area contributed by atoms with E-state index >= 15 is 0 Å². The standard InChI is InChI=1S/C17H23N3S2/c1-13-2-5-17(22-13)10-20-7-14-3-4-16(20)9-19(6-14)8-15-11-21-12-18-15/h2,5,11-12,14,16H,3-4,6-10H2,1H3/t14-,16+/m0/s1. The predicted octanol–water partition coefficient (Wildman–Crippen LogP) is 3.61. The van der Waals surface area contributed by atoms with Gasteiger partial charge in [0.1, 0.15) is 0 Å². The minimum absolute atomic E-state index is 0.722. The van der Waals surface area contributed by atoms with Crippen LogP contribution in [0.25, 0.3) is 0 Å². The van der Waals surface area contributed by atoms with E-state index in [2.05, 4.69) is 39.2 Å². The van der Waals surface area contributed by atoms with Gasteiger partial charge in [0.25, 0.3) is 0 Å². The Morgan fingerprint density at radius 2 is 2.14 bits per heavy atom. The molecule has 2 aromatic heterocycles. The maximum absolute atomic E-state index is 4.47. The third-order valence-electron chi connectivity index (χ3n) is 4.93. The molecule has 0 spiro atoms.